The second-order valence-corrected chi connectivity index (χ2v) is 7.44. The normalized spacial score (nSPS) is 11.1. The second-order valence-electron chi connectivity index (χ2n) is 6.42. The van der Waals surface area contributed by atoms with Crippen molar-refractivity contribution in [3.05, 3.63) is 34.7 Å². The number of aromatic carboxylic acids is 1. The Morgan fingerprint density at radius 2 is 1.76 bits per heavy atom. The predicted molar refractivity (Wildman–Crippen MR) is 97.9 cm³/mol. The third kappa shape index (κ3) is 4.51. The van der Waals surface area contributed by atoms with Crippen molar-refractivity contribution in [2.24, 2.45) is 0 Å². The van der Waals surface area contributed by atoms with Crippen LogP contribution in [0.4, 0.5) is 10.5 Å². The second kappa shape index (κ2) is 7.14. The van der Waals surface area contributed by atoms with Crippen molar-refractivity contribution in [1.29, 1.82) is 0 Å². The standard InChI is InChI=1S/C18H21NO5S/c1-10-13(19-17(22)24-18(2,3)4)15(16(20)21)25-14(10)11-6-8-12(23-5)9-7-11/h6-9H,1-5H3,(H,19,22)(H,20,21). The Bertz CT molecular complexity index is 787. The van der Waals surface area contributed by atoms with Crippen LogP contribution in [-0.4, -0.2) is 29.9 Å². The molecule has 0 bridgehead atoms. The van der Waals surface area contributed by atoms with Crippen molar-refractivity contribution in [2.45, 2.75) is 33.3 Å². The van der Waals surface area contributed by atoms with Crippen molar-refractivity contribution >= 4 is 29.1 Å². The molecule has 25 heavy (non-hydrogen) atoms. The Labute approximate surface area is 150 Å². The first kappa shape index (κ1) is 18.8. The van der Waals surface area contributed by atoms with Crippen LogP contribution in [0.1, 0.15) is 36.0 Å². The van der Waals surface area contributed by atoms with Gasteiger partial charge in [0.05, 0.1) is 12.8 Å². The van der Waals surface area contributed by atoms with E-state index in [2.05, 4.69) is 5.32 Å². The van der Waals surface area contributed by atoms with Gasteiger partial charge >= 0.3 is 12.1 Å². The van der Waals surface area contributed by atoms with Crippen LogP contribution in [0.15, 0.2) is 24.3 Å². The lowest BCUT2D eigenvalue weighted by atomic mass is 10.1. The van der Waals surface area contributed by atoms with E-state index in [9.17, 15) is 14.7 Å². The molecule has 1 amide bonds. The summed E-state index contributed by atoms with van der Waals surface area (Å²) in [7, 11) is 1.58. The third-order valence-electron chi connectivity index (χ3n) is 3.32. The Morgan fingerprint density at radius 1 is 1.16 bits per heavy atom. The number of carbonyl (C=O) groups is 2. The lowest BCUT2D eigenvalue weighted by Crippen LogP contribution is -2.27. The summed E-state index contributed by atoms with van der Waals surface area (Å²) in [5.74, 6) is -0.387. The molecule has 0 saturated heterocycles. The highest BCUT2D eigenvalue weighted by atomic mass is 32.1. The number of carbonyl (C=O) groups excluding carboxylic acids is 1. The van der Waals surface area contributed by atoms with Gasteiger partial charge in [0.25, 0.3) is 0 Å². The summed E-state index contributed by atoms with van der Waals surface area (Å²) < 4.78 is 10.4. The van der Waals surface area contributed by atoms with Gasteiger partial charge in [-0.25, -0.2) is 9.59 Å². The Balaban J connectivity index is 2.41. The van der Waals surface area contributed by atoms with Crippen molar-refractivity contribution in [3.8, 4) is 16.2 Å². The summed E-state index contributed by atoms with van der Waals surface area (Å²) in [5, 5.41) is 12.0. The Kier molecular flexibility index (Phi) is 5.37. The van der Waals surface area contributed by atoms with Crippen molar-refractivity contribution in [2.75, 3.05) is 12.4 Å². The van der Waals surface area contributed by atoms with Gasteiger partial charge in [0.15, 0.2) is 0 Å². The molecule has 1 heterocycles. The lowest BCUT2D eigenvalue weighted by Gasteiger charge is -2.19. The van der Waals surface area contributed by atoms with Crippen LogP contribution in [-0.2, 0) is 4.74 Å². The number of nitrogens with one attached hydrogen (secondary N) is 1. The maximum absolute atomic E-state index is 12.0. The molecule has 0 saturated carbocycles. The minimum atomic E-state index is -1.10. The van der Waals surface area contributed by atoms with Gasteiger partial charge in [-0.3, -0.25) is 5.32 Å². The van der Waals surface area contributed by atoms with E-state index in [-0.39, 0.29) is 10.6 Å². The minimum Gasteiger partial charge on any atom is -0.497 e. The number of thiophene rings is 1. The van der Waals surface area contributed by atoms with Crippen molar-refractivity contribution in [3.63, 3.8) is 0 Å². The van der Waals surface area contributed by atoms with E-state index in [1.54, 1.807) is 46.9 Å². The number of benzene rings is 1. The molecule has 1 aromatic heterocycles. The van der Waals surface area contributed by atoms with E-state index < -0.39 is 17.7 Å². The molecule has 0 atom stereocenters. The van der Waals surface area contributed by atoms with Crippen molar-refractivity contribution < 1.29 is 24.2 Å². The number of hydrogen-bond donors (Lipinski definition) is 2. The summed E-state index contributed by atoms with van der Waals surface area (Å²) in [6.45, 7) is 7.01. The zero-order chi connectivity index (χ0) is 18.8. The summed E-state index contributed by atoms with van der Waals surface area (Å²) in [6, 6.07) is 7.30. The number of carboxylic acids is 1. The zero-order valence-corrected chi connectivity index (χ0v) is 15.6. The summed E-state index contributed by atoms with van der Waals surface area (Å²) in [6.07, 6.45) is -0.683. The van der Waals surface area contributed by atoms with Crippen LogP contribution >= 0.6 is 11.3 Å². The summed E-state index contributed by atoms with van der Waals surface area (Å²) in [5.41, 5.74) is 1.12. The largest absolute Gasteiger partial charge is 0.497 e. The quantitative estimate of drug-likeness (QED) is 0.817. The molecule has 134 valence electrons. The molecule has 0 aliphatic carbocycles. The van der Waals surface area contributed by atoms with Crippen LogP contribution in [0.3, 0.4) is 0 Å². The topological polar surface area (TPSA) is 84.9 Å². The molecule has 0 aliphatic heterocycles. The molecule has 2 N–H and O–H groups in total. The first-order valence-corrected chi connectivity index (χ1v) is 8.45. The van der Waals surface area contributed by atoms with Gasteiger partial charge in [0.1, 0.15) is 16.2 Å². The van der Waals surface area contributed by atoms with Gasteiger partial charge in [0.2, 0.25) is 0 Å². The van der Waals surface area contributed by atoms with Crippen molar-refractivity contribution in [1.82, 2.24) is 0 Å². The van der Waals surface area contributed by atoms with Gasteiger partial charge < -0.3 is 14.6 Å². The monoisotopic (exact) mass is 363 g/mol. The van der Waals surface area contributed by atoms with E-state index in [0.717, 1.165) is 21.8 Å². The number of methoxy groups -OCH3 is 1. The van der Waals surface area contributed by atoms with E-state index in [1.807, 2.05) is 12.1 Å². The molecule has 0 aliphatic rings. The SMILES string of the molecule is COc1ccc(-c2sc(C(=O)O)c(NC(=O)OC(C)(C)C)c2C)cc1. The van der Waals surface area contributed by atoms with E-state index in [0.29, 0.717) is 11.3 Å². The maximum atomic E-state index is 12.0. The van der Waals surface area contributed by atoms with Gasteiger partial charge in [-0.15, -0.1) is 11.3 Å². The smallest absolute Gasteiger partial charge is 0.412 e. The van der Waals surface area contributed by atoms with E-state index in [4.69, 9.17) is 9.47 Å². The average Bonchev–Trinajstić information content (AvgIpc) is 2.83. The molecule has 1 aromatic carbocycles. The molecule has 6 nitrogen and oxygen atoms in total. The molecule has 0 radical (unpaired) electrons. The van der Waals surface area contributed by atoms with Crippen LogP contribution in [0.5, 0.6) is 5.75 Å². The molecule has 7 heteroatoms. The third-order valence-corrected chi connectivity index (χ3v) is 4.65. The van der Waals surface area contributed by atoms with Crippen LogP contribution in [0.25, 0.3) is 10.4 Å². The fourth-order valence-corrected chi connectivity index (χ4v) is 3.34. The Morgan fingerprint density at radius 3 is 2.24 bits per heavy atom. The molecule has 2 aromatic rings. The van der Waals surface area contributed by atoms with E-state index in [1.165, 1.54) is 0 Å². The zero-order valence-electron chi connectivity index (χ0n) is 14.8. The first-order chi connectivity index (χ1) is 11.6. The van der Waals surface area contributed by atoms with Gasteiger partial charge in [-0.2, -0.15) is 0 Å². The van der Waals surface area contributed by atoms with E-state index >= 15 is 0 Å². The number of hydrogen-bond acceptors (Lipinski definition) is 5. The summed E-state index contributed by atoms with van der Waals surface area (Å²) >= 11 is 1.11. The summed E-state index contributed by atoms with van der Waals surface area (Å²) in [4.78, 5) is 24.5. The highest BCUT2D eigenvalue weighted by molar-refractivity contribution is 7.18. The average molecular weight is 363 g/mol. The lowest BCUT2D eigenvalue weighted by molar-refractivity contribution is 0.0636. The van der Waals surface area contributed by atoms with Gasteiger partial charge in [-0.05, 0) is 63.1 Å². The molecule has 0 unspecified atom stereocenters. The molecular formula is C18H21NO5S. The Hall–Kier alpha value is -2.54. The number of amides is 1. The number of carboxylic acid groups (broad SMARTS) is 1. The number of rotatable bonds is 4. The predicted octanol–water partition coefficient (Wildman–Crippen LogP) is 4.78. The molecule has 0 fully saturated rings. The molecule has 0 spiro atoms. The van der Waals surface area contributed by atoms with Gasteiger partial charge in [0, 0.05) is 4.88 Å². The number of anilines is 1. The highest BCUT2D eigenvalue weighted by Crippen LogP contribution is 2.40. The number of ether oxygens (including phenoxy) is 2. The fourth-order valence-electron chi connectivity index (χ4n) is 2.24. The fraction of sp³-hybridized carbons (Fsp3) is 0.333. The minimum absolute atomic E-state index is 0.0641. The van der Waals surface area contributed by atoms with Crippen LogP contribution < -0.4 is 10.1 Å². The molecular weight excluding hydrogens is 342 g/mol. The highest BCUT2D eigenvalue weighted by Gasteiger charge is 2.24. The maximum Gasteiger partial charge on any atom is 0.412 e. The molecule has 2 rings (SSSR count). The van der Waals surface area contributed by atoms with Gasteiger partial charge in [-0.1, -0.05) is 0 Å². The first-order valence-electron chi connectivity index (χ1n) is 7.63. The van der Waals surface area contributed by atoms with Crippen LogP contribution in [0.2, 0.25) is 0 Å². The van der Waals surface area contributed by atoms with Crippen LogP contribution in [0, 0.1) is 6.92 Å².